The minimum Gasteiger partial charge on any atom is -0.482 e. The molecule has 0 fully saturated rings. The Bertz CT molecular complexity index is 635. The monoisotopic (exact) mass is 326 g/mol. The van der Waals surface area contributed by atoms with E-state index in [0.717, 1.165) is 4.88 Å². The first-order chi connectivity index (χ1) is 9.97. The second-order valence-corrected chi connectivity index (χ2v) is 6.45. The first-order valence-electron chi connectivity index (χ1n) is 6.16. The minimum atomic E-state index is -1.05. The third kappa shape index (κ3) is 4.02. The molecule has 0 atom stereocenters. The zero-order valence-electron chi connectivity index (χ0n) is 11.5. The van der Waals surface area contributed by atoms with Crippen molar-refractivity contribution in [1.29, 1.82) is 0 Å². The van der Waals surface area contributed by atoms with E-state index in [9.17, 15) is 9.59 Å². The summed E-state index contributed by atoms with van der Waals surface area (Å²) in [7, 11) is 0. The van der Waals surface area contributed by atoms with Gasteiger partial charge in [-0.2, -0.15) is 0 Å². The number of carbonyl (C=O) groups is 2. The van der Waals surface area contributed by atoms with Crippen LogP contribution in [-0.4, -0.2) is 28.6 Å². The summed E-state index contributed by atoms with van der Waals surface area (Å²) < 4.78 is 5.33. The Morgan fingerprint density at radius 3 is 2.81 bits per heavy atom. The summed E-state index contributed by atoms with van der Waals surface area (Å²) in [5, 5.41) is 13.9. The van der Waals surface area contributed by atoms with Crippen LogP contribution in [0.1, 0.15) is 34.3 Å². The van der Waals surface area contributed by atoms with Gasteiger partial charge in [-0.1, -0.05) is 13.8 Å². The lowest BCUT2D eigenvalue weighted by Gasteiger charge is -2.05. The lowest BCUT2D eigenvalue weighted by molar-refractivity contribution is -0.118. The van der Waals surface area contributed by atoms with E-state index < -0.39 is 5.97 Å². The van der Waals surface area contributed by atoms with E-state index in [1.54, 1.807) is 17.6 Å². The molecular weight excluding hydrogens is 312 g/mol. The van der Waals surface area contributed by atoms with Crippen molar-refractivity contribution in [1.82, 2.24) is 4.98 Å². The Morgan fingerprint density at radius 1 is 1.48 bits per heavy atom. The number of ether oxygens (including phenoxy) is 1. The molecule has 0 bridgehead atoms. The van der Waals surface area contributed by atoms with E-state index >= 15 is 0 Å². The van der Waals surface area contributed by atoms with Crippen LogP contribution in [0.25, 0.3) is 0 Å². The number of anilines is 1. The summed E-state index contributed by atoms with van der Waals surface area (Å²) >= 11 is 2.46. The summed E-state index contributed by atoms with van der Waals surface area (Å²) in [5.41, 5.74) is 0. The highest BCUT2D eigenvalue weighted by atomic mass is 32.1. The predicted octanol–water partition coefficient (Wildman–Crippen LogP) is 3.04. The molecule has 2 aromatic rings. The fraction of sp³-hybridized carbons (Fsp3) is 0.308. The topological polar surface area (TPSA) is 88.5 Å². The SMILES string of the molecule is CC(C)c1cc(OCC(=O)Nc2nccs2)c(C(=O)O)s1. The van der Waals surface area contributed by atoms with Gasteiger partial charge in [0.25, 0.3) is 5.91 Å². The number of thiazole rings is 1. The number of aromatic nitrogens is 1. The van der Waals surface area contributed by atoms with Crippen LogP contribution in [0.4, 0.5) is 5.13 Å². The second kappa shape index (κ2) is 6.68. The van der Waals surface area contributed by atoms with Crippen LogP contribution in [0, 0.1) is 0 Å². The number of hydrogen-bond donors (Lipinski definition) is 2. The number of aromatic carboxylic acids is 1. The van der Waals surface area contributed by atoms with Crippen molar-refractivity contribution in [2.45, 2.75) is 19.8 Å². The highest BCUT2D eigenvalue weighted by Gasteiger charge is 2.19. The standard InChI is InChI=1S/C13H14N2O4S2/c1-7(2)9-5-8(11(21-9)12(17)18)19-6-10(16)15-13-14-3-4-20-13/h3-5,7H,6H2,1-2H3,(H,17,18)(H,14,15,16). The quantitative estimate of drug-likeness (QED) is 0.852. The average molecular weight is 326 g/mol. The molecule has 8 heteroatoms. The lowest BCUT2D eigenvalue weighted by atomic mass is 10.2. The fourth-order valence-electron chi connectivity index (χ4n) is 1.52. The second-order valence-electron chi connectivity index (χ2n) is 4.48. The Labute approximate surface area is 129 Å². The molecular formula is C13H14N2O4S2. The van der Waals surface area contributed by atoms with Gasteiger partial charge in [0.2, 0.25) is 0 Å². The molecule has 2 rings (SSSR count). The van der Waals surface area contributed by atoms with E-state index in [2.05, 4.69) is 10.3 Å². The van der Waals surface area contributed by atoms with E-state index in [4.69, 9.17) is 9.84 Å². The molecule has 0 aromatic carbocycles. The molecule has 0 radical (unpaired) electrons. The highest BCUT2D eigenvalue weighted by Crippen LogP contribution is 2.33. The average Bonchev–Trinajstić information content (AvgIpc) is 3.04. The zero-order valence-corrected chi connectivity index (χ0v) is 13.1. The summed E-state index contributed by atoms with van der Waals surface area (Å²) in [6.07, 6.45) is 1.58. The van der Waals surface area contributed by atoms with Crippen molar-refractivity contribution >= 4 is 39.7 Å². The van der Waals surface area contributed by atoms with Gasteiger partial charge in [0, 0.05) is 16.5 Å². The van der Waals surface area contributed by atoms with Gasteiger partial charge in [0.15, 0.2) is 16.6 Å². The van der Waals surface area contributed by atoms with Crippen LogP contribution in [0.15, 0.2) is 17.6 Å². The first-order valence-corrected chi connectivity index (χ1v) is 7.86. The van der Waals surface area contributed by atoms with Crippen LogP contribution >= 0.6 is 22.7 Å². The number of carboxylic acids is 1. The Morgan fingerprint density at radius 2 is 2.24 bits per heavy atom. The number of rotatable bonds is 6. The summed E-state index contributed by atoms with van der Waals surface area (Å²) in [6, 6.07) is 1.68. The number of carbonyl (C=O) groups excluding carboxylic acids is 1. The van der Waals surface area contributed by atoms with Gasteiger partial charge >= 0.3 is 5.97 Å². The van der Waals surface area contributed by atoms with Crippen LogP contribution in [-0.2, 0) is 4.79 Å². The molecule has 1 amide bonds. The van der Waals surface area contributed by atoms with Crippen molar-refractivity contribution in [3.8, 4) is 5.75 Å². The first kappa shape index (κ1) is 15.5. The lowest BCUT2D eigenvalue weighted by Crippen LogP contribution is -2.20. The van der Waals surface area contributed by atoms with Gasteiger partial charge in [0.1, 0.15) is 5.75 Å². The van der Waals surface area contributed by atoms with Gasteiger partial charge in [-0.15, -0.1) is 22.7 Å². The molecule has 112 valence electrons. The normalized spacial score (nSPS) is 10.6. The van der Waals surface area contributed by atoms with Crippen LogP contribution < -0.4 is 10.1 Å². The summed E-state index contributed by atoms with van der Waals surface area (Å²) in [4.78, 5) is 27.8. The van der Waals surface area contributed by atoms with Crippen LogP contribution in [0.2, 0.25) is 0 Å². The molecule has 0 saturated heterocycles. The van der Waals surface area contributed by atoms with Crippen molar-refractivity contribution in [3.05, 3.63) is 27.4 Å². The number of thiophene rings is 1. The molecule has 0 aliphatic carbocycles. The molecule has 0 saturated carbocycles. The summed E-state index contributed by atoms with van der Waals surface area (Å²) in [6.45, 7) is 3.68. The molecule has 0 aliphatic heterocycles. The van der Waals surface area contributed by atoms with Gasteiger partial charge < -0.3 is 9.84 Å². The molecule has 6 nitrogen and oxygen atoms in total. The van der Waals surface area contributed by atoms with Crippen LogP contribution in [0.5, 0.6) is 5.75 Å². The number of amides is 1. The molecule has 2 aromatic heterocycles. The van der Waals surface area contributed by atoms with Gasteiger partial charge in [0.05, 0.1) is 0 Å². The van der Waals surface area contributed by atoms with E-state index in [-0.39, 0.29) is 29.1 Å². The highest BCUT2D eigenvalue weighted by molar-refractivity contribution is 7.14. The molecule has 0 spiro atoms. The third-order valence-corrected chi connectivity index (χ3v) is 4.61. The maximum atomic E-state index is 11.7. The number of nitrogens with zero attached hydrogens (tertiary/aromatic N) is 1. The molecule has 2 N–H and O–H groups in total. The van der Waals surface area contributed by atoms with Gasteiger partial charge in [-0.05, 0) is 12.0 Å². The van der Waals surface area contributed by atoms with E-state index in [1.807, 2.05) is 13.8 Å². The maximum absolute atomic E-state index is 11.7. The minimum absolute atomic E-state index is 0.112. The smallest absolute Gasteiger partial charge is 0.349 e. The Hall–Kier alpha value is -1.93. The summed E-state index contributed by atoms with van der Waals surface area (Å²) in [5.74, 6) is -0.999. The maximum Gasteiger partial charge on any atom is 0.349 e. The predicted molar refractivity (Wildman–Crippen MR) is 81.6 cm³/mol. The zero-order chi connectivity index (χ0) is 15.4. The Kier molecular flexibility index (Phi) is 4.92. The Balaban J connectivity index is 2.02. The molecule has 0 aliphatic rings. The van der Waals surface area contributed by atoms with Crippen LogP contribution in [0.3, 0.4) is 0 Å². The van der Waals surface area contributed by atoms with Gasteiger partial charge in [-0.3, -0.25) is 10.1 Å². The number of nitrogens with one attached hydrogen (secondary N) is 1. The molecule has 0 unspecified atom stereocenters. The molecule has 21 heavy (non-hydrogen) atoms. The third-order valence-electron chi connectivity index (χ3n) is 2.52. The number of carboxylic acid groups (broad SMARTS) is 1. The fourth-order valence-corrected chi connectivity index (χ4v) is 3.01. The number of hydrogen-bond acceptors (Lipinski definition) is 6. The van der Waals surface area contributed by atoms with Crippen molar-refractivity contribution < 1.29 is 19.4 Å². The largest absolute Gasteiger partial charge is 0.482 e. The van der Waals surface area contributed by atoms with Crippen molar-refractivity contribution in [2.24, 2.45) is 0 Å². The van der Waals surface area contributed by atoms with E-state index in [1.165, 1.54) is 22.7 Å². The molecule has 2 heterocycles. The van der Waals surface area contributed by atoms with Crippen molar-refractivity contribution in [2.75, 3.05) is 11.9 Å². The van der Waals surface area contributed by atoms with Gasteiger partial charge in [-0.25, -0.2) is 9.78 Å². The van der Waals surface area contributed by atoms with Crippen molar-refractivity contribution in [3.63, 3.8) is 0 Å². The van der Waals surface area contributed by atoms with E-state index in [0.29, 0.717) is 5.13 Å².